The summed E-state index contributed by atoms with van der Waals surface area (Å²) in [6.45, 7) is 0.174. The summed E-state index contributed by atoms with van der Waals surface area (Å²) < 4.78 is 63.7. The van der Waals surface area contributed by atoms with E-state index in [-0.39, 0.29) is 49.0 Å². The normalized spacial score (nSPS) is 27.7. The molecule has 0 aromatic carbocycles. The van der Waals surface area contributed by atoms with Crippen LogP contribution in [-0.2, 0) is 44.0 Å². The van der Waals surface area contributed by atoms with Gasteiger partial charge in [0, 0.05) is 34.6 Å². The van der Waals surface area contributed by atoms with Gasteiger partial charge in [-0.3, -0.25) is 24.5 Å². The van der Waals surface area contributed by atoms with E-state index in [4.69, 9.17) is 44.6 Å². The Hall–Kier alpha value is -3.41. The maximum atomic E-state index is 15.6. The zero-order valence-electron chi connectivity index (χ0n) is 27.5. The molecule has 23 heteroatoms. The minimum absolute atomic E-state index is 0.0228. The molecule has 19 nitrogen and oxygen atoms in total. The zero-order chi connectivity index (χ0) is 36.9. The molecule has 2 unspecified atom stereocenters. The second-order valence-electron chi connectivity index (χ2n) is 12.0. The van der Waals surface area contributed by atoms with Gasteiger partial charge < -0.3 is 28.2 Å². The van der Waals surface area contributed by atoms with Crippen LogP contribution in [0, 0.1) is 29.1 Å². The summed E-state index contributed by atoms with van der Waals surface area (Å²) in [6.07, 6.45) is -3.62. The molecule has 1 saturated heterocycles. The van der Waals surface area contributed by atoms with E-state index in [1.54, 1.807) is 20.8 Å². The predicted octanol–water partition coefficient (Wildman–Crippen LogP) is 2.43. The molecule has 1 saturated carbocycles. The van der Waals surface area contributed by atoms with E-state index in [1.165, 1.54) is 29.5 Å². The van der Waals surface area contributed by atoms with Crippen LogP contribution in [0.15, 0.2) is 29.7 Å². The van der Waals surface area contributed by atoms with Gasteiger partial charge in [-0.1, -0.05) is 20.8 Å². The van der Waals surface area contributed by atoms with Gasteiger partial charge in [0.1, 0.15) is 18.5 Å². The second kappa shape index (κ2) is 16.9. The number of aromatic nitrogens is 6. The van der Waals surface area contributed by atoms with Crippen LogP contribution in [0.2, 0.25) is 0 Å². The first kappa shape index (κ1) is 38.8. The van der Waals surface area contributed by atoms with Crippen molar-refractivity contribution in [2.24, 2.45) is 17.8 Å². The molecule has 1 aliphatic heterocycles. The van der Waals surface area contributed by atoms with Crippen molar-refractivity contribution in [2.45, 2.75) is 70.4 Å². The summed E-state index contributed by atoms with van der Waals surface area (Å²) in [5, 5.41) is 21.9. The maximum Gasteiger partial charge on any atom is 0.695 e. The topological polar surface area (TPSA) is 255 Å². The Kier molecular flexibility index (Phi) is 12.9. The highest BCUT2D eigenvalue weighted by Gasteiger charge is 2.52. The van der Waals surface area contributed by atoms with Gasteiger partial charge >= 0.3 is 15.0 Å². The highest BCUT2D eigenvalue weighted by Crippen LogP contribution is 2.56. The van der Waals surface area contributed by atoms with Crippen LogP contribution in [0.25, 0.3) is 11.2 Å². The number of H-pyrrole nitrogens is 1. The van der Waals surface area contributed by atoms with E-state index in [0.29, 0.717) is 0 Å². The number of carbonyl (C=O) groups is 1. The molecular weight excluding hydrogens is 737 g/mol. The van der Waals surface area contributed by atoms with Crippen LogP contribution < -0.4 is 15.6 Å². The molecule has 1 amide bonds. The number of nitriles is 1. The number of fused-ring (bicyclic) bond motifs is 1. The monoisotopic (exact) mass is 773 g/mol. The number of rotatable bonds is 16. The first-order chi connectivity index (χ1) is 24.3. The first-order valence-electron chi connectivity index (χ1n) is 15.7. The molecule has 10 atom stereocenters. The lowest BCUT2D eigenvalue weighted by atomic mass is 10.0. The number of amides is 1. The molecule has 4 heterocycles. The van der Waals surface area contributed by atoms with Crippen molar-refractivity contribution in [3.8, 4) is 11.9 Å². The zero-order valence-corrected chi connectivity index (χ0v) is 30.1. The van der Waals surface area contributed by atoms with Gasteiger partial charge in [-0.2, -0.15) is 10.2 Å². The number of alkyl halides is 1. The number of hydrogen-bond donors (Lipinski definition) is 4. The Morgan fingerprint density at radius 2 is 2.14 bits per heavy atom. The van der Waals surface area contributed by atoms with Crippen molar-refractivity contribution in [1.82, 2.24) is 29.5 Å². The number of hydrogen-bond acceptors (Lipinski definition) is 16. The van der Waals surface area contributed by atoms with E-state index >= 15 is 4.39 Å². The number of anilines is 1. The van der Waals surface area contributed by atoms with Crippen molar-refractivity contribution >= 4 is 49.8 Å². The van der Waals surface area contributed by atoms with E-state index < -0.39 is 87.6 Å². The molecule has 1 aliphatic carbocycles. The van der Waals surface area contributed by atoms with Gasteiger partial charge in [-0.05, 0) is 18.2 Å². The molecule has 2 fully saturated rings. The van der Waals surface area contributed by atoms with Crippen LogP contribution in [0.3, 0.4) is 0 Å². The predicted molar refractivity (Wildman–Crippen MR) is 177 cm³/mol. The van der Waals surface area contributed by atoms with Crippen LogP contribution in [-0.4, -0.2) is 95.8 Å². The van der Waals surface area contributed by atoms with Crippen molar-refractivity contribution in [2.75, 3.05) is 25.1 Å². The van der Waals surface area contributed by atoms with Gasteiger partial charge in [0.15, 0.2) is 29.7 Å². The van der Waals surface area contributed by atoms with Crippen molar-refractivity contribution in [3.63, 3.8) is 0 Å². The third-order valence-corrected chi connectivity index (χ3v) is 11.0. The number of aliphatic hydroxyl groups is 1. The molecule has 5 rings (SSSR count). The van der Waals surface area contributed by atoms with Crippen LogP contribution in [0.4, 0.5) is 10.3 Å². The standard InChI is InChI=1S/C28H35FN8O11P2S/c1-14(2)25(39)35-28-34-24-21(26(40)36-28)33-13-37(24)27-22(15(3)18(10-38)46-27)48-50(51,43-8-4-6-30)44-11-16-9-17(20(29)23(16)47-49(41)42)45-19-5-7-31-12-32-19/h5,7,12-18,20,22-23,27,38H,4,8-11H2,1-3H3,(H2-,34,35,36,39,40,41,42)/p+1/t15-,16-,17-,18-,20+,22-,23-,27-,50?/m1/s1. The summed E-state index contributed by atoms with van der Waals surface area (Å²) in [7, 11) is -3.22. The first-order valence-corrected chi connectivity index (χ1v) is 19.4. The maximum absolute atomic E-state index is 15.6. The average molecular weight is 774 g/mol. The van der Waals surface area contributed by atoms with Crippen LogP contribution in [0.5, 0.6) is 5.88 Å². The van der Waals surface area contributed by atoms with E-state index in [0.717, 1.165) is 0 Å². The van der Waals surface area contributed by atoms with Crippen LogP contribution >= 0.6 is 15.0 Å². The number of imidazole rings is 1. The van der Waals surface area contributed by atoms with Gasteiger partial charge in [0.2, 0.25) is 17.7 Å². The van der Waals surface area contributed by atoms with Gasteiger partial charge in [-0.15, -0.1) is 9.42 Å². The molecule has 3 aromatic rings. The highest BCUT2D eigenvalue weighted by molar-refractivity contribution is 8.07. The molecule has 4 N–H and O–H groups in total. The number of aliphatic hydroxyl groups excluding tert-OH is 1. The molecule has 3 aromatic heterocycles. The Morgan fingerprint density at radius 3 is 2.80 bits per heavy atom. The van der Waals surface area contributed by atoms with Crippen molar-refractivity contribution in [1.29, 1.82) is 5.26 Å². The van der Waals surface area contributed by atoms with Crippen LogP contribution in [0.1, 0.15) is 39.8 Å². The SMILES string of the molecule is CC(C)C(=O)Nc1nc2c(ncn2[C@@H]2O[C@H](CO)[C@@H](C)[C@H]2OP(=S)(OCCC#N)OC[C@H]2C[C@@H](Oc3ccncn3)[C@H](F)[C@@H]2O[P+](=O)O)c(=O)[nH]1. The third kappa shape index (κ3) is 9.15. The summed E-state index contributed by atoms with van der Waals surface area (Å²) in [5.41, 5.74) is -0.691. The Morgan fingerprint density at radius 1 is 1.35 bits per heavy atom. The van der Waals surface area contributed by atoms with Gasteiger partial charge in [-0.25, -0.2) is 19.3 Å². The number of aromatic amines is 1. The van der Waals surface area contributed by atoms with E-state index in [1.807, 2.05) is 6.07 Å². The molecule has 0 radical (unpaired) electrons. The number of nitrogens with one attached hydrogen (secondary N) is 2. The minimum Gasteiger partial charge on any atom is -0.471 e. The van der Waals surface area contributed by atoms with E-state index in [9.17, 15) is 24.2 Å². The number of nitrogens with zero attached hydrogens (tertiary/aromatic N) is 6. The fourth-order valence-corrected chi connectivity index (χ4v) is 8.24. The van der Waals surface area contributed by atoms with Crippen molar-refractivity contribution < 1.29 is 51.3 Å². The molecule has 51 heavy (non-hydrogen) atoms. The Balaban J connectivity index is 1.42. The van der Waals surface area contributed by atoms with Crippen molar-refractivity contribution in [3.05, 3.63) is 35.3 Å². The number of carbonyl (C=O) groups excluding carboxylic acids is 1. The fourth-order valence-electron chi connectivity index (χ4n) is 5.56. The number of ether oxygens (including phenoxy) is 2. The lowest BCUT2D eigenvalue weighted by Crippen LogP contribution is -2.32. The smallest absolute Gasteiger partial charge is 0.471 e. The van der Waals surface area contributed by atoms with Gasteiger partial charge in [0.05, 0.1) is 44.7 Å². The minimum atomic E-state index is -3.87. The summed E-state index contributed by atoms with van der Waals surface area (Å²) in [4.78, 5) is 53.5. The summed E-state index contributed by atoms with van der Waals surface area (Å²) >= 11 is 5.78. The van der Waals surface area contributed by atoms with E-state index in [2.05, 4.69) is 30.2 Å². The Labute approximate surface area is 296 Å². The average Bonchev–Trinajstić information content (AvgIpc) is 3.74. The largest absolute Gasteiger partial charge is 0.695 e. The molecule has 2 aliphatic rings. The third-order valence-electron chi connectivity index (χ3n) is 8.22. The van der Waals surface area contributed by atoms with Gasteiger partial charge in [0.25, 0.3) is 5.56 Å². The summed E-state index contributed by atoms with van der Waals surface area (Å²) in [6, 6.07) is 3.36. The quantitative estimate of drug-likeness (QED) is 0.120. The lowest BCUT2D eigenvalue weighted by Gasteiger charge is -2.30. The highest BCUT2D eigenvalue weighted by atomic mass is 32.5. The Bertz CT molecular complexity index is 1850. The molecular formula is C28H36FN8O11P2S+. The number of halogens is 1. The lowest BCUT2D eigenvalue weighted by molar-refractivity contribution is -0.118. The molecule has 0 bridgehead atoms. The fraction of sp³-hybridized carbons (Fsp3) is 0.607. The molecule has 276 valence electrons. The molecule has 0 spiro atoms. The summed E-state index contributed by atoms with van der Waals surface area (Å²) in [5.74, 6) is -2.31. The second-order valence-corrected chi connectivity index (χ2v) is 15.6.